The van der Waals surface area contributed by atoms with Crippen LogP contribution in [0, 0.1) is 0 Å². The van der Waals surface area contributed by atoms with Gasteiger partial charge in [0.15, 0.2) is 0 Å². The van der Waals surface area contributed by atoms with Gasteiger partial charge in [-0.1, -0.05) is 60.7 Å². The van der Waals surface area contributed by atoms with Gasteiger partial charge in [-0.05, 0) is 25.5 Å². The summed E-state index contributed by atoms with van der Waals surface area (Å²) in [5.74, 6) is -0.898. The quantitative estimate of drug-likeness (QED) is 0.482. The minimum absolute atomic E-state index is 0.389. The van der Waals surface area contributed by atoms with Gasteiger partial charge >= 0.3 is 5.97 Å². The number of nitrogens with one attached hydrogen (secondary N) is 1. The van der Waals surface area contributed by atoms with E-state index in [9.17, 15) is 9.59 Å². The zero-order valence-electron chi connectivity index (χ0n) is 17.3. The molecule has 0 saturated heterocycles. The van der Waals surface area contributed by atoms with Crippen molar-refractivity contribution in [3.8, 4) is 11.3 Å². The van der Waals surface area contributed by atoms with Crippen LogP contribution in [0.25, 0.3) is 17.3 Å². The Hall–Kier alpha value is -3.67. The molecule has 0 spiro atoms. The number of ether oxygens (including phenoxy) is 1. The molecule has 6 heteroatoms. The summed E-state index contributed by atoms with van der Waals surface area (Å²) in [4.78, 5) is 24.2. The first-order chi connectivity index (χ1) is 14.4. The summed E-state index contributed by atoms with van der Waals surface area (Å²) < 4.78 is 6.58. The molecule has 0 aliphatic heterocycles. The Morgan fingerprint density at radius 1 is 1.07 bits per heavy atom. The zero-order valence-corrected chi connectivity index (χ0v) is 17.3. The summed E-state index contributed by atoms with van der Waals surface area (Å²) in [6.07, 6.45) is 5.02. The zero-order chi connectivity index (χ0) is 21.6. The van der Waals surface area contributed by atoms with E-state index in [2.05, 4.69) is 5.32 Å². The molecule has 2 aromatic carbocycles. The lowest BCUT2D eigenvalue weighted by atomic mass is 10.1. The molecule has 0 fully saturated rings. The number of rotatable bonds is 7. The SMILES string of the molecule is COC(=O)C(C)(C)NC(=O)/C=C/c1cn(Cc2ccccc2)nc1-c1ccccc1. The molecule has 0 bridgehead atoms. The van der Waals surface area contributed by atoms with Crippen molar-refractivity contribution in [3.63, 3.8) is 0 Å². The molecule has 0 unspecified atom stereocenters. The van der Waals surface area contributed by atoms with E-state index in [0.29, 0.717) is 6.54 Å². The number of benzene rings is 2. The van der Waals surface area contributed by atoms with E-state index in [1.807, 2.05) is 71.5 Å². The first kappa shape index (κ1) is 21.0. The van der Waals surface area contributed by atoms with E-state index in [-0.39, 0.29) is 5.91 Å². The summed E-state index contributed by atoms with van der Waals surface area (Å²) >= 11 is 0. The highest BCUT2D eigenvalue weighted by atomic mass is 16.5. The van der Waals surface area contributed by atoms with Crippen LogP contribution in [-0.4, -0.2) is 34.3 Å². The van der Waals surface area contributed by atoms with Crippen LogP contribution in [0.3, 0.4) is 0 Å². The van der Waals surface area contributed by atoms with Crippen LogP contribution >= 0.6 is 0 Å². The van der Waals surface area contributed by atoms with Gasteiger partial charge in [0.2, 0.25) is 5.91 Å². The van der Waals surface area contributed by atoms with Crippen molar-refractivity contribution in [1.29, 1.82) is 0 Å². The molecule has 0 radical (unpaired) electrons. The van der Waals surface area contributed by atoms with Crippen molar-refractivity contribution in [3.05, 3.63) is 84.1 Å². The van der Waals surface area contributed by atoms with Crippen molar-refractivity contribution in [2.75, 3.05) is 7.11 Å². The van der Waals surface area contributed by atoms with E-state index in [1.165, 1.54) is 13.2 Å². The van der Waals surface area contributed by atoms with Crippen molar-refractivity contribution < 1.29 is 14.3 Å². The van der Waals surface area contributed by atoms with Crippen molar-refractivity contribution in [2.24, 2.45) is 0 Å². The van der Waals surface area contributed by atoms with Gasteiger partial charge in [-0.25, -0.2) is 4.79 Å². The third kappa shape index (κ3) is 5.23. The Labute approximate surface area is 176 Å². The number of methoxy groups -OCH3 is 1. The average molecular weight is 403 g/mol. The maximum Gasteiger partial charge on any atom is 0.330 e. The van der Waals surface area contributed by atoms with Gasteiger partial charge in [-0.15, -0.1) is 0 Å². The lowest BCUT2D eigenvalue weighted by molar-refractivity contribution is -0.148. The van der Waals surface area contributed by atoms with Gasteiger partial charge in [0.25, 0.3) is 0 Å². The Morgan fingerprint density at radius 2 is 1.70 bits per heavy atom. The number of carbonyl (C=O) groups excluding carboxylic acids is 2. The fourth-order valence-corrected chi connectivity index (χ4v) is 3.05. The Morgan fingerprint density at radius 3 is 2.33 bits per heavy atom. The second-order valence-electron chi connectivity index (χ2n) is 7.42. The number of aromatic nitrogens is 2. The van der Waals surface area contributed by atoms with Gasteiger partial charge in [0, 0.05) is 23.4 Å². The highest BCUT2D eigenvalue weighted by Gasteiger charge is 2.29. The molecule has 1 aromatic heterocycles. The predicted octanol–water partition coefficient (Wildman–Crippen LogP) is 3.68. The van der Waals surface area contributed by atoms with Gasteiger partial charge in [0.05, 0.1) is 19.3 Å². The molecule has 1 N–H and O–H groups in total. The smallest absolute Gasteiger partial charge is 0.330 e. The van der Waals surface area contributed by atoms with E-state index < -0.39 is 11.5 Å². The lowest BCUT2D eigenvalue weighted by Crippen LogP contribution is -2.49. The molecule has 6 nitrogen and oxygen atoms in total. The van der Waals surface area contributed by atoms with E-state index in [4.69, 9.17) is 9.84 Å². The van der Waals surface area contributed by atoms with Crippen molar-refractivity contribution in [1.82, 2.24) is 15.1 Å². The highest BCUT2D eigenvalue weighted by Crippen LogP contribution is 2.23. The minimum atomic E-state index is -1.12. The molecule has 154 valence electrons. The summed E-state index contributed by atoms with van der Waals surface area (Å²) in [6.45, 7) is 3.81. The van der Waals surface area contributed by atoms with E-state index in [1.54, 1.807) is 19.9 Å². The van der Waals surface area contributed by atoms with Crippen LogP contribution in [0.1, 0.15) is 25.0 Å². The summed E-state index contributed by atoms with van der Waals surface area (Å²) in [6, 6.07) is 19.8. The molecule has 0 saturated carbocycles. The molecule has 0 aliphatic carbocycles. The second kappa shape index (κ2) is 9.22. The van der Waals surface area contributed by atoms with Crippen LogP contribution in [0.5, 0.6) is 0 Å². The summed E-state index contributed by atoms with van der Waals surface area (Å²) in [5.41, 5.74) is 2.56. The number of nitrogens with zero attached hydrogens (tertiary/aromatic N) is 2. The minimum Gasteiger partial charge on any atom is -0.467 e. The van der Waals surface area contributed by atoms with Crippen LogP contribution in [0.2, 0.25) is 0 Å². The maximum absolute atomic E-state index is 12.4. The van der Waals surface area contributed by atoms with E-state index >= 15 is 0 Å². The number of amides is 1. The van der Waals surface area contributed by atoms with Crippen LogP contribution in [0.15, 0.2) is 72.9 Å². The van der Waals surface area contributed by atoms with Gasteiger partial charge < -0.3 is 10.1 Å². The van der Waals surface area contributed by atoms with Gasteiger partial charge in [0.1, 0.15) is 5.54 Å². The summed E-state index contributed by atoms with van der Waals surface area (Å²) in [5, 5.41) is 7.38. The van der Waals surface area contributed by atoms with Crippen LogP contribution in [0.4, 0.5) is 0 Å². The monoisotopic (exact) mass is 403 g/mol. The molecule has 1 heterocycles. The topological polar surface area (TPSA) is 73.2 Å². The predicted molar refractivity (Wildman–Crippen MR) is 116 cm³/mol. The van der Waals surface area contributed by atoms with E-state index in [0.717, 1.165) is 22.4 Å². The fourth-order valence-electron chi connectivity index (χ4n) is 3.05. The molecule has 30 heavy (non-hydrogen) atoms. The van der Waals surface area contributed by atoms with Crippen LogP contribution in [-0.2, 0) is 20.9 Å². The fraction of sp³-hybridized carbons (Fsp3) is 0.208. The molecule has 1 amide bonds. The number of hydrogen-bond donors (Lipinski definition) is 1. The second-order valence-corrected chi connectivity index (χ2v) is 7.42. The average Bonchev–Trinajstić information content (AvgIpc) is 3.15. The van der Waals surface area contributed by atoms with Gasteiger partial charge in [-0.3, -0.25) is 9.48 Å². The Balaban J connectivity index is 1.86. The van der Waals surface area contributed by atoms with Crippen molar-refractivity contribution >= 4 is 18.0 Å². The first-order valence-corrected chi connectivity index (χ1v) is 9.64. The lowest BCUT2D eigenvalue weighted by Gasteiger charge is -2.22. The summed E-state index contributed by atoms with van der Waals surface area (Å²) in [7, 11) is 1.29. The standard InChI is InChI=1S/C24H25N3O3/c1-24(2,23(29)30-3)25-21(28)15-14-20-17-27(16-18-10-6-4-7-11-18)26-22(20)19-12-8-5-9-13-19/h4-15,17H,16H2,1-3H3,(H,25,28)/b15-14+. The maximum atomic E-state index is 12.4. The largest absolute Gasteiger partial charge is 0.467 e. The molecule has 0 aliphatic rings. The molecular formula is C24H25N3O3. The third-order valence-corrected chi connectivity index (χ3v) is 4.57. The van der Waals surface area contributed by atoms with Crippen molar-refractivity contribution in [2.45, 2.75) is 25.9 Å². The number of hydrogen-bond acceptors (Lipinski definition) is 4. The molecule has 3 rings (SSSR count). The van der Waals surface area contributed by atoms with Gasteiger partial charge in [-0.2, -0.15) is 5.10 Å². The molecule has 3 aromatic rings. The Kier molecular flexibility index (Phi) is 6.47. The molecule has 0 atom stereocenters. The first-order valence-electron chi connectivity index (χ1n) is 9.64. The Bertz CT molecular complexity index is 1040. The number of esters is 1. The molecular weight excluding hydrogens is 378 g/mol. The highest BCUT2D eigenvalue weighted by molar-refractivity contribution is 5.96. The van der Waals surface area contributed by atoms with Crippen LogP contribution < -0.4 is 5.32 Å². The normalized spacial score (nSPS) is 11.4. The third-order valence-electron chi connectivity index (χ3n) is 4.57. The number of carbonyl (C=O) groups is 2.